The predicted molar refractivity (Wildman–Crippen MR) is 63.8 cm³/mol. The van der Waals surface area contributed by atoms with Crippen molar-refractivity contribution in [3.8, 4) is 0 Å². The van der Waals surface area contributed by atoms with Crippen LogP contribution >= 0.6 is 27.5 Å². The average Bonchev–Trinajstić information content (AvgIpc) is 2.51. The molecular weight excluding hydrogens is 296 g/mol. The van der Waals surface area contributed by atoms with Crippen molar-refractivity contribution < 1.29 is 9.18 Å². The first kappa shape index (κ1) is 11.9. The Morgan fingerprint density at radius 3 is 2.88 bits per heavy atom. The molecule has 1 atom stereocenters. The SMILES string of the molecule is O=C1CC(Cl)CN1Cc1ccc(F)c(Br)c1. The molecular formula is C11H10BrClFNO. The van der Waals surface area contributed by atoms with E-state index in [1.54, 1.807) is 17.0 Å². The number of rotatable bonds is 2. The smallest absolute Gasteiger partial charge is 0.224 e. The van der Waals surface area contributed by atoms with Gasteiger partial charge in [0.25, 0.3) is 0 Å². The van der Waals surface area contributed by atoms with Gasteiger partial charge in [0.05, 0.1) is 9.85 Å². The van der Waals surface area contributed by atoms with Gasteiger partial charge < -0.3 is 4.90 Å². The number of benzene rings is 1. The fraction of sp³-hybridized carbons (Fsp3) is 0.364. The summed E-state index contributed by atoms with van der Waals surface area (Å²) in [5.74, 6) is -0.243. The van der Waals surface area contributed by atoms with Gasteiger partial charge in [0.15, 0.2) is 0 Å². The Morgan fingerprint density at radius 1 is 1.56 bits per heavy atom. The zero-order valence-corrected chi connectivity index (χ0v) is 10.8. The maximum absolute atomic E-state index is 13.0. The maximum Gasteiger partial charge on any atom is 0.224 e. The summed E-state index contributed by atoms with van der Waals surface area (Å²) in [6.07, 6.45) is 0.393. The summed E-state index contributed by atoms with van der Waals surface area (Å²) in [6, 6.07) is 4.75. The van der Waals surface area contributed by atoms with E-state index in [1.165, 1.54) is 6.07 Å². The van der Waals surface area contributed by atoms with Gasteiger partial charge in [-0.3, -0.25) is 4.79 Å². The molecule has 0 aliphatic carbocycles. The summed E-state index contributed by atoms with van der Waals surface area (Å²) in [6.45, 7) is 1.05. The molecule has 86 valence electrons. The number of carbonyl (C=O) groups is 1. The van der Waals surface area contributed by atoms with Crippen LogP contribution in [0, 0.1) is 5.82 Å². The highest BCUT2D eigenvalue weighted by Gasteiger charge is 2.27. The van der Waals surface area contributed by atoms with E-state index >= 15 is 0 Å². The zero-order valence-electron chi connectivity index (χ0n) is 8.42. The van der Waals surface area contributed by atoms with Crippen LogP contribution < -0.4 is 0 Å². The van der Waals surface area contributed by atoms with Crippen LogP contribution in [0.5, 0.6) is 0 Å². The van der Waals surface area contributed by atoms with Crippen LogP contribution in [-0.4, -0.2) is 22.7 Å². The largest absolute Gasteiger partial charge is 0.337 e. The molecule has 16 heavy (non-hydrogen) atoms. The van der Waals surface area contributed by atoms with Crippen molar-refractivity contribution in [3.63, 3.8) is 0 Å². The van der Waals surface area contributed by atoms with Crippen molar-refractivity contribution in [1.82, 2.24) is 4.90 Å². The number of likely N-dealkylation sites (tertiary alicyclic amines) is 1. The Morgan fingerprint density at radius 2 is 2.31 bits per heavy atom. The molecule has 0 radical (unpaired) electrons. The fourth-order valence-corrected chi connectivity index (χ4v) is 2.46. The number of halogens is 3. The zero-order chi connectivity index (χ0) is 11.7. The van der Waals surface area contributed by atoms with E-state index in [2.05, 4.69) is 15.9 Å². The third kappa shape index (κ3) is 2.55. The van der Waals surface area contributed by atoms with Crippen molar-refractivity contribution in [1.29, 1.82) is 0 Å². The molecule has 5 heteroatoms. The van der Waals surface area contributed by atoms with Crippen LogP contribution in [0.15, 0.2) is 22.7 Å². The highest BCUT2D eigenvalue weighted by Crippen LogP contribution is 2.21. The molecule has 1 aromatic rings. The Bertz CT molecular complexity index is 426. The lowest BCUT2D eigenvalue weighted by atomic mass is 10.2. The number of amides is 1. The van der Waals surface area contributed by atoms with Crippen LogP contribution in [0.1, 0.15) is 12.0 Å². The minimum Gasteiger partial charge on any atom is -0.337 e. The molecule has 0 bridgehead atoms. The third-order valence-corrected chi connectivity index (χ3v) is 3.42. The van der Waals surface area contributed by atoms with Gasteiger partial charge in [0.1, 0.15) is 5.82 Å². The lowest BCUT2D eigenvalue weighted by Gasteiger charge is -2.15. The summed E-state index contributed by atoms with van der Waals surface area (Å²) in [5, 5.41) is -0.101. The minimum absolute atomic E-state index is 0.0560. The highest BCUT2D eigenvalue weighted by molar-refractivity contribution is 9.10. The van der Waals surface area contributed by atoms with Gasteiger partial charge in [-0.15, -0.1) is 11.6 Å². The molecule has 0 saturated carbocycles. The minimum atomic E-state index is -0.299. The van der Waals surface area contributed by atoms with Crippen LogP contribution in [0.25, 0.3) is 0 Å². The number of nitrogens with zero attached hydrogens (tertiary/aromatic N) is 1. The first-order valence-corrected chi connectivity index (χ1v) is 6.15. The quantitative estimate of drug-likeness (QED) is 0.769. The van der Waals surface area contributed by atoms with Gasteiger partial charge >= 0.3 is 0 Å². The molecule has 1 aliphatic rings. The van der Waals surface area contributed by atoms with Crippen molar-refractivity contribution in [2.24, 2.45) is 0 Å². The molecule has 1 aromatic carbocycles. The molecule has 1 fully saturated rings. The van der Waals surface area contributed by atoms with Crippen molar-refractivity contribution in [2.45, 2.75) is 18.3 Å². The van der Waals surface area contributed by atoms with Crippen molar-refractivity contribution in [2.75, 3.05) is 6.54 Å². The van der Waals surface area contributed by atoms with Crippen molar-refractivity contribution in [3.05, 3.63) is 34.1 Å². The Kier molecular flexibility index (Phi) is 3.50. The standard InChI is InChI=1S/C11H10BrClFNO/c12-9-3-7(1-2-10(9)14)5-15-6-8(13)4-11(15)16/h1-3,8H,4-6H2. The number of hydrogen-bond acceptors (Lipinski definition) is 1. The summed E-state index contributed by atoms with van der Waals surface area (Å²) in [4.78, 5) is 13.2. The van der Waals surface area contributed by atoms with Gasteiger partial charge in [0.2, 0.25) is 5.91 Å². The second-order valence-corrected chi connectivity index (χ2v) is 5.30. The molecule has 1 amide bonds. The summed E-state index contributed by atoms with van der Waals surface area (Å²) in [7, 11) is 0. The van der Waals surface area contributed by atoms with Gasteiger partial charge in [-0.1, -0.05) is 6.07 Å². The summed E-state index contributed by atoms with van der Waals surface area (Å²) >= 11 is 9.01. The second kappa shape index (κ2) is 4.72. The first-order valence-electron chi connectivity index (χ1n) is 4.92. The molecule has 1 heterocycles. The first-order chi connectivity index (χ1) is 7.56. The summed E-state index contributed by atoms with van der Waals surface area (Å²) < 4.78 is 13.4. The Hall–Kier alpha value is -0.610. The molecule has 1 unspecified atom stereocenters. The molecule has 0 aromatic heterocycles. The van der Waals surface area contributed by atoms with E-state index in [0.29, 0.717) is 24.0 Å². The third-order valence-electron chi connectivity index (χ3n) is 2.52. The van der Waals surface area contributed by atoms with Gasteiger partial charge in [0, 0.05) is 19.5 Å². The second-order valence-electron chi connectivity index (χ2n) is 3.82. The number of carbonyl (C=O) groups excluding carboxylic acids is 1. The average molecular weight is 307 g/mol. The monoisotopic (exact) mass is 305 g/mol. The molecule has 2 nitrogen and oxygen atoms in total. The van der Waals surface area contributed by atoms with E-state index in [-0.39, 0.29) is 17.1 Å². The van der Waals surface area contributed by atoms with E-state index in [0.717, 1.165) is 5.56 Å². The predicted octanol–water partition coefficient (Wildman–Crippen LogP) is 2.93. The molecule has 1 aliphatic heterocycles. The summed E-state index contributed by atoms with van der Waals surface area (Å²) in [5.41, 5.74) is 0.896. The number of alkyl halides is 1. The van der Waals surface area contributed by atoms with Crippen LogP contribution in [0.4, 0.5) is 4.39 Å². The van der Waals surface area contributed by atoms with E-state index in [4.69, 9.17) is 11.6 Å². The number of hydrogen-bond donors (Lipinski definition) is 0. The van der Waals surface area contributed by atoms with E-state index in [9.17, 15) is 9.18 Å². The van der Waals surface area contributed by atoms with Crippen LogP contribution in [-0.2, 0) is 11.3 Å². The maximum atomic E-state index is 13.0. The van der Waals surface area contributed by atoms with Crippen molar-refractivity contribution >= 4 is 33.4 Å². The molecule has 2 rings (SSSR count). The molecule has 1 saturated heterocycles. The van der Waals surface area contributed by atoms with Crippen LogP contribution in [0.3, 0.4) is 0 Å². The van der Waals surface area contributed by atoms with E-state index < -0.39 is 0 Å². The van der Waals surface area contributed by atoms with Gasteiger partial charge in [-0.25, -0.2) is 4.39 Å². The fourth-order valence-electron chi connectivity index (χ4n) is 1.74. The van der Waals surface area contributed by atoms with E-state index in [1.807, 2.05) is 0 Å². The highest BCUT2D eigenvalue weighted by atomic mass is 79.9. The van der Waals surface area contributed by atoms with Crippen LogP contribution in [0.2, 0.25) is 0 Å². The molecule has 0 N–H and O–H groups in total. The lowest BCUT2D eigenvalue weighted by molar-refractivity contribution is -0.128. The topological polar surface area (TPSA) is 20.3 Å². The normalized spacial score (nSPS) is 20.6. The lowest BCUT2D eigenvalue weighted by Crippen LogP contribution is -2.24. The molecule has 0 spiro atoms. The Balaban J connectivity index is 2.09. The Labute approximate surface area is 107 Å². The van der Waals surface area contributed by atoms with Gasteiger partial charge in [-0.2, -0.15) is 0 Å². The van der Waals surface area contributed by atoms with Gasteiger partial charge in [-0.05, 0) is 33.6 Å².